The Morgan fingerprint density at radius 1 is 1.07 bits per heavy atom. The zero-order chi connectivity index (χ0) is 9.97. The van der Waals surface area contributed by atoms with Crippen LogP contribution in [0.25, 0.3) is 0 Å². The summed E-state index contributed by atoms with van der Waals surface area (Å²) < 4.78 is 0. The van der Waals surface area contributed by atoms with Gasteiger partial charge in [-0.2, -0.15) is 0 Å². The normalized spacial score (nSPS) is 41.0. The predicted molar refractivity (Wildman–Crippen MR) is 60.8 cm³/mol. The second-order valence-corrected chi connectivity index (χ2v) is 4.57. The van der Waals surface area contributed by atoms with Crippen LogP contribution >= 0.6 is 0 Å². The standard InChI is InChI=1S/C13H19N/c1-11-3-5-12-7-8-14(2)10-13(9-12)6-4-11/h3-8,11-13H,9-10H2,1-2H3/b5-3-,6-4-. The molecule has 76 valence electrons. The molecular weight excluding hydrogens is 170 g/mol. The molecule has 1 aliphatic carbocycles. The number of rotatable bonds is 0. The van der Waals surface area contributed by atoms with Gasteiger partial charge in [0.15, 0.2) is 0 Å². The van der Waals surface area contributed by atoms with Gasteiger partial charge in [-0.1, -0.05) is 37.3 Å². The first-order valence-electron chi connectivity index (χ1n) is 5.49. The molecule has 0 N–H and O–H groups in total. The van der Waals surface area contributed by atoms with E-state index in [9.17, 15) is 0 Å². The minimum atomic E-state index is 0.595. The molecule has 1 aliphatic heterocycles. The Balaban J connectivity index is 2.20. The van der Waals surface area contributed by atoms with Crippen LogP contribution in [0.1, 0.15) is 13.3 Å². The third kappa shape index (κ3) is 2.28. The Kier molecular flexibility index (Phi) is 2.76. The van der Waals surface area contributed by atoms with E-state index in [-0.39, 0.29) is 0 Å². The van der Waals surface area contributed by atoms with E-state index in [4.69, 9.17) is 0 Å². The molecule has 0 radical (unpaired) electrons. The van der Waals surface area contributed by atoms with Crippen LogP contribution in [-0.4, -0.2) is 18.5 Å². The number of nitrogens with zero attached hydrogens (tertiary/aromatic N) is 1. The zero-order valence-corrected chi connectivity index (χ0v) is 9.06. The summed E-state index contributed by atoms with van der Waals surface area (Å²) in [7, 11) is 2.16. The maximum absolute atomic E-state index is 2.39. The number of fused-ring (bicyclic) bond motifs is 2. The largest absolute Gasteiger partial charge is 0.380 e. The van der Waals surface area contributed by atoms with Crippen LogP contribution in [0.3, 0.4) is 0 Å². The summed E-state index contributed by atoms with van der Waals surface area (Å²) in [4.78, 5) is 2.29. The van der Waals surface area contributed by atoms with Gasteiger partial charge in [-0.25, -0.2) is 0 Å². The first-order chi connectivity index (χ1) is 6.74. The smallest absolute Gasteiger partial charge is 0.0232 e. The molecule has 2 aliphatic rings. The van der Waals surface area contributed by atoms with Gasteiger partial charge in [0.1, 0.15) is 0 Å². The molecular formula is C13H19N. The second-order valence-electron chi connectivity index (χ2n) is 4.57. The first kappa shape index (κ1) is 9.57. The predicted octanol–water partition coefficient (Wildman–Crippen LogP) is 2.83. The molecule has 3 unspecified atom stereocenters. The number of allylic oxidation sites excluding steroid dienone is 4. The molecule has 3 atom stereocenters. The second kappa shape index (κ2) is 4.04. The van der Waals surface area contributed by atoms with Crippen molar-refractivity contribution in [3.05, 3.63) is 36.6 Å². The lowest BCUT2D eigenvalue weighted by Gasteiger charge is -2.19. The molecule has 14 heavy (non-hydrogen) atoms. The summed E-state index contributed by atoms with van der Waals surface area (Å²) in [6.07, 6.45) is 15.2. The highest BCUT2D eigenvalue weighted by molar-refractivity contribution is 5.12. The van der Waals surface area contributed by atoms with Crippen molar-refractivity contribution in [2.24, 2.45) is 17.8 Å². The van der Waals surface area contributed by atoms with Gasteiger partial charge < -0.3 is 4.90 Å². The minimum absolute atomic E-state index is 0.595. The van der Waals surface area contributed by atoms with Gasteiger partial charge in [-0.15, -0.1) is 0 Å². The third-order valence-electron chi connectivity index (χ3n) is 3.03. The van der Waals surface area contributed by atoms with E-state index in [0.717, 1.165) is 6.54 Å². The quantitative estimate of drug-likeness (QED) is 0.530. The first-order valence-corrected chi connectivity index (χ1v) is 5.49. The molecule has 0 aromatic carbocycles. The molecule has 1 nitrogen and oxygen atoms in total. The van der Waals surface area contributed by atoms with Crippen LogP contribution in [0, 0.1) is 17.8 Å². The molecule has 0 aromatic heterocycles. The molecule has 1 heteroatoms. The fraction of sp³-hybridized carbons (Fsp3) is 0.538. The molecule has 0 fully saturated rings. The lowest BCUT2D eigenvalue weighted by atomic mass is 9.90. The lowest BCUT2D eigenvalue weighted by molar-refractivity contribution is 0.387. The maximum Gasteiger partial charge on any atom is 0.0232 e. The van der Waals surface area contributed by atoms with Crippen molar-refractivity contribution in [3.8, 4) is 0 Å². The van der Waals surface area contributed by atoms with Crippen LogP contribution in [0.5, 0.6) is 0 Å². The van der Waals surface area contributed by atoms with Crippen LogP contribution in [0.15, 0.2) is 36.6 Å². The van der Waals surface area contributed by atoms with Crippen molar-refractivity contribution in [2.45, 2.75) is 13.3 Å². The van der Waals surface area contributed by atoms with Crippen molar-refractivity contribution in [1.82, 2.24) is 4.90 Å². The molecule has 0 spiro atoms. The Hall–Kier alpha value is -0.980. The highest BCUT2D eigenvalue weighted by Gasteiger charge is 2.16. The molecule has 1 heterocycles. The molecule has 0 aromatic rings. The molecule has 0 saturated heterocycles. The number of hydrogen-bond donors (Lipinski definition) is 0. The fourth-order valence-corrected chi connectivity index (χ4v) is 2.19. The molecule has 2 rings (SSSR count). The minimum Gasteiger partial charge on any atom is -0.380 e. The van der Waals surface area contributed by atoms with Crippen molar-refractivity contribution >= 4 is 0 Å². The van der Waals surface area contributed by atoms with E-state index in [2.05, 4.69) is 55.5 Å². The van der Waals surface area contributed by atoms with Gasteiger partial charge in [0.25, 0.3) is 0 Å². The Labute approximate surface area is 86.8 Å². The number of hydrogen-bond acceptors (Lipinski definition) is 1. The summed E-state index contributed by atoms with van der Waals surface area (Å²) in [6.45, 7) is 3.40. The monoisotopic (exact) mass is 189 g/mol. The Bertz CT molecular complexity index is 275. The third-order valence-corrected chi connectivity index (χ3v) is 3.03. The fourth-order valence-electron chi connectivity index (χ4n) is 2.19. The molecule has 2 bridgehead atoms. The van der Waals surface area contributed by atoms with Crippen molar-refractivity contribution in [2.75, 3.05) is 13.6 Å². The average molecular weight is 189 g/mol. The van der Waals surface area contributed by atoms with E-state index < -0.39 is 0 Å². The Morgan fingerprint density at radius 2 is 1.86 bits per heavy atom. The average Bonchev–Trinajstić information content (AvgIpc) is 2.33. The molecule has 0 saturated carbocycles. The molecule has 0 amide bonds. The van der Waals surface area contributed by atoms with Gasteiger partial charge in [-0.3, -0.25) is 0 Å². The highest BCUT2D eigenvalue weighted by Crippen LogP contribution is 2.24. The summed E-state index contributed by atoms with van der Waals surface area (Å²) >= 11 is 0. The van der Waals surface area contributed by atoms with Crippen LogP contribution in [-0.2, 0) is 0 Å². The van der Waals surface area contributed by atoms with Gasteiger partial charge >= 0.3 is 0 Å². The van der Waals surface area contributed by atoms with Crippen LogP contribution < -0.4 is 0 Å². The van der Waals surface area contributed by atoms with Crippen LogP contribution in [0.4, 0.5) is 0 Å². The maximum atomic E-state index is 2.39. The van der Waals surface area contributed by atoms with Crippen LogP contribution in [0.2, 0.25) is 0 Å². The lowest BCUT2D eigenvalue weighted by Crippen LogP contribution is -2.18. The van der Waals surface area contributed by atoms with Gasteiger partial charge in [0.05, 0.1) is 0 Å². The van der Waals surface area contributed by atoms with E-state index in [1.807, 2.05) is 0 Å². The SMILES string of the molecule is CC1/C=C\C2C=CN(C)CC(/C=C\1)C2. The summed E-state index contributed by atoms with van der Waals surface area (Å²) in [5, 5.41) is 0. The van der Waals surface area contributed by atoms with E-state index in [0.29, 0.717) is 17.8 Å². The van der Waals surface area contributed by atoms with Gasteiger partial charge in [0.2, 0.25) is 0 Å². The Morgan fingerprint density at radius 3 is 2.71 bits per heavy atom. The van der Waals surface area contributed by atoms with Crippen molar-refractivity contribution in [3.63, 3.8) is 0 Å². The summed E-state index contributed by atoms with van der Waals surface area (Å²) in [6, 6.07) is 0. The highest BCUT2D eigenvalue weighted by atomic mass is 15.1. The summed E-state index contributed by atoms with van der Waals surface area (Å²) in [5.74, 6) is 1.95. The van der Waals surface area contributed by atoms with E-state index >= 15 is 0 Å². The van der Waals surface area contributed by atoms with Crippen molar-refractivity contribution < 1.29 is 0 Å². The topological polar surface area (TPSA) is 3.24 Å². The van der Waals surface area contributed by atoms with E-state index in [1.165, 1.54) is 6.42 Å². The van der Waals surface area contributed by atoms with Crippen molar-refractivity contribution in [1.29, 1.82) is 0 Å². The zero-order valence-electron chi connectivity index (χ0n) is 9.06. The van der Waals surface area contributed by atoms with Gasteiger partial charge in [0, 0.05) is 13.6 Å². The van der Waals surface area contributed by atoms with Gasteiger partial charge in [-0.05, 0) is 30.4 Å². The summed E-state index contributed by atoms with van der Waals surface area (Å²) in [5.41, 5.74) is 0. The van der Waals surface area contributed by atoms with E-state index in [1.54, 1.807) is 0 Å².